The molecule has 0 N–H and O–H groups in total. The lowest BCUT2D eigenvalue weighted by Crippen LogP contribution is -2.28. The second kappa shape index (κ2) is 28.8. The highest BCUT2D eigenvalue weighted by Gasteiger charge is 2.49. The van der Waals surface area contributed by atoms with E-state index in [9.17, 15) is 0 Å². The van der Waals surface area contributed by atoms with E-state index in [1.807, 2.05) is 0 Å². The van der Waals surface area contributed by atoms with Gasteiger partial charge in [0, 0.05) is 65.8 Å². The molecule has 604 valence electrons. The lowest BCUT2D eigenvalue weighted by Gasteiger charge is -2.34. The second-order valence-corrected chi connectivity index (χ2v) is 35.2. The van der Waals surface area contributed by atoms with Crippen molar-refractivity contribution in [3.63, 3.8) is 0 Å². The molecule has 26 aromatic rings. The van der Waals surface area contributed by atoms with Crippen LogP contribution in [0.25, 0.3) is 198 Å². The van der Waals surface area contributed by atoms with Gasteiger partial charge in [-0.1, -0.05) is 364 Å². The summed E-state index contributed by atoms with van der Waals surface area (Å²) in [4.78, 5) is 0. The Kier molecular flexibility index (Phi) is 16.3. The van der Waals surface area contributed by atoms with Crippen LogP contribution in [0.1, 0.15) is 44.5 Å². The standard InChI is InChI=1S/2C63H40N2/c1-3-19-47(20-4-1)63(48-21-5-2-6-22-48)55-25-13-11-24-52(55)61-56(63)33-36-60-62(61)54-40-46(30-35-59(54)65(60)50-32-28-42-16-8-10-18-44(42)38-50)45-29-34-58-53(39-45)51-23-12-14-26-57(51)64(58)49-31-27-41-15-7-9-17-43(41)37-49;1-3-19-47(20-4-1)63(48-21-5-2-6-22-48)56-25-13-11-23-51(56)53-33-36-60-61(62(53)63)55-40-46(30-35-59(55)65(60)50-32-28-42-16-8-10-18-44(42)38-50)45-29-34-58-54(39-45)52-24-12-14-26-57(52)64(58)49-31-27-41-15-7-9-17-43(41)37-49/h2*1-40H. The van der Waals surface area contributed by atoms with Crippen molar-refractivity contribution in [3.8, 4) is 67.3 Å². The molecule has 4 heterocycles. The molecule has 4 aromatic heterocycles. The van der Waals surface area contributed by atoms with Crippen molar-refractivity contribution in [3.05, 3.63) is 530 Å². The Morgan fingerprint density at radius 3 is 0.869 bits per heavy atom. The van der Waals surface area contributed by atoms with Crippen LogP contribution < -0.4 is 0 Å². The first-order chi connectivity index (χ1) is 64.5. The average Bonchev–Trinajstić information content (AvgIpc) is 1.51. The molecule has 0 spiro atoms. The molecule has 0 atom stereocenters. The largest absolute Gasteiger partial charge is 0.309 e. The number of hydrogen-bond acceptors (Lipinski definition) is 0. The van der Waals surface area contributed by atoms with Crippen molar-refractivity contribution in [2.45, 2.75) is 10.8 Å². The molecule has 0 saturated carbocycles. The van der Waals surface area contributed by atoms with Gasteiger partial charge in [0.05, 0.1) is 55.0 Å². The number of fused-ring (bicyclic) bond motifs is 24. The fourth-order valence-corrected chi connectivity index (χ4v) is 23.1. The van der Waals surface area contributed by atoms with Gasteiger partial charge in [0.15, 0.2) is 0 Å². The first kappa shape index (κ1) is 73.4. The summed E-state index contributed by atoms with van der Waals surface area (Å²) < 4.78 is 9.85. The highest BCUT2D eigenvalue weighted by atomic mass is 15.0. The summed E-state index contributed by atoms with van der Waals surface area (Å²) in [6.45, 7) is 0. The van der Waals surface area contributed by atoms with Gasteiger partial charge in [0.1, 0.15) is 0 Å². The molecule has 0 saturated heterocycles. The zero-order chi connectivity index (χ0) is 85.3. The van der Waals surface area contributed by atoms with Crippen LogP contribution in [0.3, 0.4) is 0 Å². The maximum Gasteiger partial charge on any atom is 0.0720 e. The van der Waals surface area contributed by atoms with Crippen molar-refractivity contribution in [2.24, 2.45) is 0 Å². The Bertz CT molecular complexity index is 9100. The molecule has 2 aliphatic rings. The van der Waals surface area contributed by atoms with E-state index in [0.717, 1.165) is 11.4 Å². The van der Waals surface area contributed by atoms with E-state index in [1.54, 1.807) is 0 Å². The summed E-state index contributed by atoms with van der Waals surface area (Å²) in [5, 5.41) is 19.9. The molecule has 28 rings (SSSR count). The minimum atomic E-state index is -0.560. The molecular weight excluding hydrogens is 1570 g/mol. The van der Waals surface area contributed by atoms with Crippen LogP contribution in [0.15, 0.2) is 485 Å². The molecule has 4 nitrogen and oxygen atoms in total. The van der Waals surface area contributed by atoms with Gasteiger partial charge in [-0.25, -0.2) is 0 Å². The Labute approximate surface area is 751 Å². The third kappa shape index (κ3) is 10.8. The molecular formula is C126H80N4. The van der Waals surface area contributed by atoms with E-state index in [1.165, 1.54) is 231 Å². The van der Waals surface area contributed by atoms with Crippen molar-refractivity contribution in [1.29, 1.82) is 0 Å². The van der Waals surface area contributed by atoms with Crippen LogP contribution in [0.4, 0.5) is 0 Å². The normalized spacial score (nSPS) is 13.0. The first-order valence-corrected chi connectivity index (χ1v) is 45.2. The van der Waals surface area contributed by atoms with Crippen LogP contribution in [-0.2, 0) is 10.8 Å². The van der Waals surface area contributed by atoms with E-state index < -0.39 is 10.8 Å². The fraction of sp³-hybridized carbons (Fsp3) is 0.0159. The molecule has 0 amide bonds. The van der Waals surface area contributed by atoms with Gasteiger partial charge in [-0.2, -0.15) is 0 Å². The van der Waals surface area contributed by atoms with Crippen molar-refractivity contribution in [1.82, 2.24) is 18.3 Å². The fourth-order valence-electron chi connectivity index (χ4n) is 23.1. The molecule has 0 fully saturated rings. The molecule has 0 radical (unpaired) electrons. The summed E-state index contributed by atoms with van der Waals surface area (Å²) in [5.74, 6) is 0. The summed E-state index contributed by atoms with van der Waals surface area (Å²) in [6, 6.07) is 181. The quantitative estimate of drug-likeness (QED) is 0.130. The lowest BCUT2D eigenvalue weighted by molar-refractivity contribution is 0.769. The minimum Gasteiger partial charge on any atom is -0.309 e. The van der Waals surface area contributed by atoms with Crippen LogP contribution in [-0.4, -0.2) is 18.3 Å². The molecule has 2 aliphatic carbocycles. The molecule has 130 heavy (non-hydrogen) atoms. The third-order valence-corrected chi connectivity index (χ3v) is 28.7. The highest BCUT2D eigenvalue weighted by molar-refractivity contribution is 6.21. The van der Waals surface area contributed by atoms with Crippen molar-refractivity contribution >= 4 is 130 Å². The van der Waals surface area contributed by atoms with E-state index in [0.29, 0.717) is 0 Å². The SMILES string of the molecule is c1ccc(C2(c3ccccc3)c3ccccc3-c3c2ccc2c3c3cc(-c4ccc5c(c4)c4ccccc4n5-c4ccc5ccccc5c4)ccc3n2-c2ccc3ccccc3c2)cc1.c1ccc(C2(c3ccccc3)c3ccccc3-c3ccc4c(c32)c2cc(-c3ccc5c(c3)c3ccccc3n5-c3ccc5ccccc5c3)ccc2n4-c2ccc3ccccc3c2)cc1. The van der Waals surface area contributed by atoms with Gasteiger partial charge in [0.2, 0.25) is 0 Å². The van der Waals surface area contributed by atoms with Crippen molar-refractivity contribution in [2.75, 3.05) is 0 Å². The molecule has 22 aromatic carbocycles. The zero-order valence-electron chi connectivity index (χ0n) is 71.0. The monoisotopic (exact) mass is 1650 g/mol. The van der Waals surface area contributed by atoms with Gasteiger partial charge in [-0.15, -0.1) is 0 Å². The summed E-state index contributed by atoms with van der Waals surface area (Å²) in [6.07, 6.45) is 0. The third-order valence-electron chi connectivity index (χ3n) is 28.7. The smallest absolute Gasteiger partial charge is 0.0720 e. The second-order valence-electron chi connectivity index (χ2n) is 35.2. The van der Waals surface area contributed by atoms with E-state index in [4.69, 9.17) is 0 Å². The number of para-hydroxylation sites is 2. The van der Waals surface area contributed by atoms with Crippen LogP contribution in [0, 0.1) is 0 Å². The highest BCUT2D eigenvalue weighted by Crippen LogP contribution is 2.62. The van der Waals surface area contributed by atoms with Gasteiger partial charge in [-0.3, -0.25) is 0 Å². The van der Waals surface area contributed by atoms with Gasteiger partial charge in [-0.05, 0) is 253 Å². The topological polar surface area (TPSA) is 19.7 Å². The Hall–Kier alpha value is -16.9. The lowest BCUT2D eigenvalue weighted by atomic mass is 9.67. The number of nitrogens with zero attached hydrogens (tertiary/aromatic N) is 4. The summed E-state index contributed by atoms with van der Waals surface area (Å²) in [7, 11) is 0. The number of hydrogen-bond donors (Lipinski definition) is 0. The number of rotatable bonds is 10. The zero-order valence-corrected chi connectivity index (χ0v) is 71.0. The summed E-state index contributed by atoms with van der Waals surface area (Å²) in [5.41, 5.74) is 33.5. The minimum absolute atomic E-state index is 0.498. The Morgan fingerprint density at radius 1 is 0.154 bits per heavy atom. The Morgan fingerprint density at radius 2 is 0.446 bits per heavy atom. The van der Waals surface area contributed by atoms with Crippen molar-refractivity contribution < 1.29 is 0 Å². The summed E-state index contributed by atoms with van der Waals surface area (Å²) >= 11 is 0. The Balaban J connectivity index is 0.000000134. The van der Waals surface area contributed by atoms with Crippen LogP contribution in [0.5, 0.6) is 0 Å². The predicted molar refractivity (Wildman–Crippen MR) is 546 cm³/mol. The van der Waals surface area contributed by atoms with Gasteiger partial charge < -0.3 is 18.3 Å². The maximum atomic E-state index is 2.51. The van der Waals surface area contributed by atoms with E-state index >= 15 is 0 Å². The van der Waals surface area contributed by atoms with Gasteiger partial charge >= 0.3 is 0 Å². The van der Waals surface area contributed by atoms with Gasteiger partial charge in [0.25, 0.3) is 0 Å². The molecule has 0 aliphatic heterocycles. The van der Waals surface area contributed by atoms with E-state index in [-0.39, 0.29) is 0 Å². The average molecular weight is 1650 g/mol. The maximum absolute atomic E-state index is 2.51. The number of aromatic nitrogens is 4. The van der Waals surface area contributed by atoms with E-state index in [2.05, 4.69) is 504 Å². The van der Waals surface area contributed by atoms with Crippen LogP contribution >= 0.6 is 0 Å². The van der Waals surface area contributed by atoms with Crippen LogP contribution in [0.2, 0.25) is 0 Å². The predicted octanol–water partition coefficient (Wildman–Crippen LogP) is 32.4. The molecule has 0 unspecified atom stereocenters. The number of benzene rings is 22. The molecule has 0 bridgehead atoms. The first-order valence-electron chi connectivity index (χ1n) is 45.2. The molecule has 4 heteroatoms.